The first-order chi connectivity index (χ1) is 11.1. The minimum Gasteiger partial charge on any atom is -0.370 e. The van der Waals surface area contributed by atoms with Crippen molar-refractivity contribution in [3.63, 3.8) is 0 Å². The van der Waals surface area contributed by atoms with Crippen LogP contribution in [0.15, 0.2) is 12.3 Å². The van der Waals surface area contributed by atoms with Crippen LogP contribution < -0.4 is 10.2 Å². The molecule has 0 aromatic carbocycles. The first-order valence-electron chi connectivity index (χ1n) is 8.76. The molecule has 0 saturated carbocycles. The Morgan fingerprint density at radius 2 is 2.35 bits per heavy atom. The Morgan fingerprint density at radius 3 is 3.13 bits per heavy atom. The zero-order valence-corrected chi connectivity index (χ0v) is 14.3. The second-order valence-electron chi connectivity index (χ2n) is 7.45. The van der Waals surface area contributed by atoms with E-state index in [1.165, 1.54) is 12.8 Å². The molecule has 23 heavy (non-hydrogen) atoms. The Morgan fingerprint density at radius 1 is 1.48 bits per heavy atom. The number of hydrogen-bond acceptors (Lipinski definition) is 6. The summed E-state index contributed by atoms with van der Waals surface area (Å²) in [5.41, 5.74) is 0.0445. The van der Waals surface area contributed by atoms with Crippen molar-refractivity contribution >= 4 is 11.8 Å². The predicted octanol–water partition coefficient (Wildman–Crippen LogP) is 1.45. The molecule has 1 aromatic rings. The van der Waals surface area contributed by atoms with Gasteiger partial charge in [-0.1, -0.05) is 0 Å². The highest BCUT2D eigenvalue weighted by Crippen LogP contribution is 2.55. The van der Waals surface area contributed by atoms with Crippen LogP contribution in [-0.2, 0) is 4.74 Å². The van der Waals surface area contributed by atoms with Gasteiger partial charge in [-0.15, -0.1) is 0 Å². The first-order valence-corrected chi connectivity index (χ1v) is 8.76. The summed E-state index contributed by atoms with van der Waals surface area (Å²) in [5.74, 6) is 2.99. The Hall–Kier alpha value is -1.40. The second kappa shape index (κ2) is 5.60. The number of aromatic nitrogens is 2. The van der Waals surface area contributed by atoms with Crippen LogP contribution in [0.5, 0.6) is 0 Å². The normalized spacial score (nSPS) is 35.1. The van der Waals surface area contributed by atoms with Gasteiger partial charge >= 0.3 is 0 Å². The van der Waals surface area contributed by atoms with E-state index in [9.17, 15) is 0 Å². The maximum Gasteiger partial charge on any atom is 0.227 e. The summed E-state index contributed by atoms with van der Waals surface area (Å²) in [6.07, 6.45) is 4.71. The molecule has 6 nitrogen and oxygen atoms in total. The van der Waals surface area contributed by atoms with Gasteiger partial charge in [0.05, 0.1) is 18.2 Å². The van der Waals surface area contributed by atoms with Crippen molar-refractivity contribution in [2.75, 3.05) is 50.5 Å². The van der Waals surface area contributed by atoms with Crippen molar-refractivity contribution in [2.45, 2.75) is 31.5 Å². The van der Waals surface area contributed by atoms with Gasteiger partial charge < -0.3 is 19.9 Å². The molecule has 3 fully saturated rings. The van der Waals surface area contributed by atoms with Gasteiger partial charge in [0.25, 0.3) is 0 Å². The molecule has 4 atom stereocenters. The molecule has 0 unspecified atom stereocenters. The number of ether oxygens (including phenoxy) is 1. The number of hydrogen-bond donors (Lipinski definition) is 1. The van der Waals surface area contributed by atoms with Crippen LogP contribution in [0.4, 0.5) is 11.8 Å². The number of nitrogens with one attached hydrogen (secondary N) is 1. The quantitative estimate of drug-likeness (QED) is 0.887. The van der Waals surface area contributed by atoms with Crippen LogP contribution in [0.1, 0.15) is 19.8 Å². The molecule has 1 spiro atoms. The molecular weight excluding hydrogens is 290 g/mol. The van der Waals surface area contributed by atoms with E-state index in [1.54, 1.807) is 0 Å². The van der Waals surface area contributed by atoms with E-state index in [1.807, 2.05) is 12.3 Å². The SMILES string of the molecule is CCNc1ccnc(N2C[C@@H]3[C@H](CN(C)C)[C@H]4CC[C@]3(C2)O4)n1. The van der Waals surface area contributed by atoms with Gasteiger partial charge in [-0.25, -0.2) is 4.98 Å². The van der Waals surface area contributed by atoms with E-state index in [-0.39, 0.29) is 5.60 Å². The van der Waals surface area contributed by atoms with Gasteiger partial charge in [0.2, 0.25) is 5.95 Å². The second-order valence-corrected chi connectivity index (χ2v) is 7.45. The van der Waals surface area contributed by atoms with Gasteiger partial charge in [0.1, 0.15) is 5.82 Å². The van der Waals surface area contributed by atoms with Crippen LogP contribution in [-0.4, -0.2) is 66.8 Å². The van der Waals surface area contributed by atoms with E-state index in [0.717, 1.165) is 37.9 Å². The third-order valence-corrected chi connectivity index (χ3v) is 5.64. The number of rotatable bonds is 5. The minimum absolute atomic E-state index is 0.0445. The summed E-state index contributed by atoms with van der Waals surface area (Å²) >= 11 is 0. The van der Waals surface area contributed by atoms with Crippen LogP contribution in [0.25, 0.3) is 0 Å². The van der Waals surface area contributed by atoms with Crippen molar-refractivity contribution in [2.24, 2.45) is 11.8 Å². The fourth-order valence-corrected chi connectivity index (χ4v) is 4.79. The lowest BCUT2D eigenvalue weighted by molar-refractivity contribution is 0.0136. The molecule has 0 aliphatic carbocycles. The van der Waals surface area contributed by atoms with E-state index in [4.69, 9.17) is 4.74 Å². The molecule has 3 aliphatic rings. The van der Waals surface area contributed by atoms with Gasteiger partial charge in [-0.05, 0) is 39.9 Å². The summed E-state index contributed by atoms with van der Waals surface area (Å²) in [4.78, 5) is 13.8. The molecule has 4 heterocycles. The van der Waals surface area contributed by atoms with E-state index in [2.05, 4.69) is 46.1 Å². The number of nitrogens with zero attached hydrogens (tertiary/aromatic N) is 4. The standard InChI is InChI=1S/C17H27N5O/c1-4-18-15-6-8-19-16(20-15)22-10-13-12(9-21(2)3)14-5-7-17(13,11-22)23-14/h6,8,12-14H,4-5,7,9-11H2,1-3H3,(H,18,19,20)/t12-,13+,14+,17+/m0/s1. The summed E-state index contributed by atoms with van der Waals surface area (Å²) in [6.45, 7) is 6.03. The highest BCUT2D eigenvalue weighted by atomic mass is 16.5. The highest BCUT2D eigenvalue weighted by Gasteiger charge is 2.63. The van der Waals surface area contributed by atoms with E-state index < -0.39 is 0 Å². The highest BCUT2D eigenvalue weighted by molar-refractivity contribution is 5.43. The van der Waals surface area contributed by atoms with E-state index >= 15 is 0 Å². The molecule has 1 N–H and O–H groups in total. The maximum atomic E-state index is 6.49. The van der Waals surface area contributed by atoms with Crippen molar-refractivity contribution in [3.05, 3.63) is 12.3 Å². The third-order valence-electron chi connectivity index (χ3n) is 5.64. The number of fused-ring (bicyclic) bond motifs is 1. The monoisotopic (exact) mass is 317 g/mol. The fourth-order valence-electron chi connectivity index (χ4n) is 4.79. The Kier molecular flexibility index (Phi) is 3.69. The lowest BCUT2D eigenvalue weighted by atomic mass is 9.73. The molecule has 3 aliphatic heterocycles. The topological polar surface area (TPSA) is 53.5 Å². The molecule has 2 bridgehead atoms. The van der Waals surface area contributed by atoms with Crippen molar-refractivity contribution in [1.29, 1.82) is 0 Å². The van der Waals surface area contributed by atoms with Crippen LogP contribution in [0.3, 0.4) is 0 Å². The van der Waals surface area contributed by atoms with Crippen molar-refractivity contribution in [3.8, 4) is 0 Å². The summed E-state index contributed by atoms with van der Waals surface area (Å²) < 4.78 is 6.49. The van der Waals surface area contributed by atoms with Gasteiger partial charge in [0.15, 0.2) is 0 Å². The van der Waals surface area contributed by atoms with Crippen LogP contribution in [0.2, 0.25) is 0 Å². The Bertz CT molecular complexity index is 580. The zero-order chi connectivity index (χ0) is 16.0. The molecule has 0 amide bonds. The minimum atomic E-state index is 0.0445. The Labute approximate surface area is 138 Å². The summed E-state index contributed by atoms with van der Waals surface area (Å²) in [5, 5.41) is 3.27. The fraction of sp³-hybridized carbons (Fsp3) is 0.765. The molecule has 4 rings (SSSR count). The summed E-state index contributed by atoms with van der Waals surface area (Å²) in [6, 6.07) is 1.93. The smallest absolute Gasteiger partial charge is 0.227 e. The third kappa shape index (κ3) is 2.48. The first kappa shape index (κ1) is 15.1. The molecule has 1 aromatic heterocycles. The predicted molar refractivity (Wildman–Crippen MR) is 90.8 cm³/mol. The summed E-state index contributed by atoms with van der Waals surface area (Å²) in [7, 11) is 4.32. The zero-order valence-electron chi connectivity index (χ0n) is 14.3. The van der Waals surface area contributed by atoms with Gasteiger partial charge in [-0.2, -0.15) is 4.98 Å². The van der Waals surface area contributed by atoms with Crippen LogP contribution in [0, 0.1) is 11.8 Å². The number of anilines is 2. The van der Waals surface area contributed by atoms with Crippen molar-refractivity contribution < 1.29 is 4.74 Å². The molecular formula is C17H27N5O. The average molecular weight is 317 g/mol. The lowest BCUT2D eigenvalue weighted by Gasteiger charge is -2.30. The average Bonchev–Trinajstić information content (AvgIpc) is 3.17. The largest absolute Gasteiger partial charge is 0.370 e. The van der Waals surface area contributed by atoms with Crippen LogP contribution >= 0.6 is 0 Å². The maximum absolute atomic E-state index is 6.49. The molecule has 3 saturated heterocycles. The molecule has 126 valence electrons. The Balaban J connectivity index is 1.55. The lowest BCUT2D eigenvalue weighted by Crippen LogP contribution is -2.40. The molecule has 0 radical (unpaired) electrons. The van der Waals surface area contributed by atoms with Crippen molar-refractivity contribution in [1.82, 2.24) is 14.9 Å². The van der Waals surface area contributed by atoms with Gasteiger partial charge in [-0.3, -0.25) is 0 Å². The molecule has 6 heteroatoms. The van der Waals surface area contributed by atoms with E-state index in [0.29, 0.717) is 17.9 Å². The van der Waals surface area contributed by atoms with Gasteiger partial charge in [0, 0.05) is 37.7 Å².